The fourth-order valence-corrected chi connectivity index (χ4v) is 0.961. The van der Waals surface area contributed by atoms with E-state index in [1.165, 1.54) is 24.8 Å². The molecule has 0 amide bonds. The Morgan fingerprint density at radius 1 is 0.773 bits per heavy atom. The molecule has 4 heteroatoms. The zero-order valence-corrected chi connectivity index (χ0v) is 17.1. The van der Waals surface area contributed by atoms with Crippen LogP contribution in [0, 0.1) is 0 Å². The summed E-state index contributed by atoms with van der Waals surface area (Å²) in [6.45, 7) is 12.6. The summed E-state index contributed by atoms with van der Waals surface area (Å²) >= 11 is 0. The van der Waals surface area contributed by atoms with Crippen molar-refractivity contribution in [2.75, 3.05) is 0 Å². The Morgan fingerprint density at radius 3 is 1.27 bits per heavy atom. The molecule has 22 heavy (non-hydrogen) atoms. The first-order valence-electron chi connectivity index (χ1n) is 7.88. The van der Waals surface area contributed by atoms with Gasteiger partial charge in [-0.15, -0.1) is 0 Å². The van der Waals surface area contributed by atoms with E-state index >= 15 is 0 Å². The van der Waals surface area contributed by atoms with Gasteiger partial charge in [-0.25, -0.2) is 12.1 Å². The summed E-state index contributed by atoms with van der Waals surface area (Å²) in [5, 5.41) is 24.2. The van der Waals surface area contributed by atoms with Crippen molar-refractivity contribution < 1.29 is 37.0 Å². The Bertz CT molecular complexity index is 235. The molecule has 1 aromatic carbocycles. The molecule has 0 aliphatic rings. The largest absolute Gasteiger partial charge is 0.394 e. The second-order valence-electron chi connectivity index (χ2n) is 5.68. The van der Waals surface area contributed by atoms with Crippen molar-refractivity contribution in [1.82, 2.24) is 0 Å². The zero-order chi connectivity index (χ0) is 17.3. The van der Waals surface area contributed by atoms with Gasteiger partial charge in [-0.2, -0.15) is 17.7 Å². The van der Waals surface area contributed by atoms with Crippen molar-refractivity contribution in [2.24, 2.45) is 0 Å². The Hall–Kier alpha value is -0.0557. The van der Waals surface area contributed by atoms with Gasteiger partial charge in [0.05, 0.1) is 0 Å². The van der Waals surface area contributed by atoms with Crippen LogP contribution in [0.1, 0.15) is 66.9 Å². The minimum atomic E-state index is -0.167. The summed E-state index contributed by atoms with van der Waals surface area (Å²) in [4.78, 5) is 0. The normalized spacial score (nSPS) is 8.95. The van der Waals surface area contributed by atoms with Gasteiger partial charge >= 0.3 is 0 Å². The number of rotatable bonds is 3. The number of aliphatic hydroxyl groups is 3. The van der Waals surface area contributed by atoms with Gasteiger partial charge in [0, 0.05) is 40.0 Å². The van der Waals surface area contributed by atoms with Gasteiger partial charge in [0.15, 0.2) is 0 Å². The van der Waals surface area contributed by atoms with E-state index in [2.05, 4.69) is 31.2 Å². The van der Waals surface area contributed by atoms with E-state index in [-0.39, 0.29) is 40.0 Å². The summed E-state index contributed by atoms with van der Waals surface area (Å²) in [5.74, 6) is 0. The number of aryl methyl sites for hydroxylation is 1. The summed E-state index contributed by atoms with van der Waals surface area (Å²) < 4.78 is 0. The van der Waals surface area contributed by atoms with Crippen LogP contribution in [-0.4, -0.2) is 33.6 Å². The molecule has 0 bridgehead atoms. The topological polar surface area (TPSA) is 60.7 Å². The van der Waals surface area contributed by atoms with Crippen LogP contribution in [-0.2, 0) is 28.1 Å². The standard InChI is InChI=1S/C9H13.3C3H8O.Ti/c1-2-3-6-9-7-4-5-8-9;3*1-3(2)4;/h4-5,7-8H,2-3,6H2,1H3;3*3-4H,1-2H3;/q-1;;;;. The van der Waals surface area contributed by atoms with Crippen LogP contribution in [0.2, 0.25) is 0 Å². The van der Waals surface area contributed by atoms with Gasteiger partial charge in [-0.05, 0) is 41.5 Å². The first-order valence-corrected chi connectivity index (χ1v) is 7.88. The maximum absolute atomic E-state index is 8.06. The first-order chi connectivity index (χ1) is 9.63. The summed E-state index contributed by atoms with van der Waals surface area (Å²) in [7, 11) is 0. The quantitative estimate of drug-likeness (QED) is 0.573. The Labute approximate surface area is 153 Å². The molecule has 0 spiro atoms. The molecule has 3 nitrogen and oxygen atoms in total. The monoisotopic (exact) mass is 349 g/mol. The second-order valence-corrected chi connectivity index (χ2v) is 5.68. The molecule has 0 aliphatic carbocycles. The average molecular weight is 349 g/mol. The molecule has 0 heterocycles. The molecule has 1 aromatic rings. The molecule has 0 saturated heterocycles. The average Bonchev–Trinajstić information content (AvgIpc) is 2.76. The second kappa shape index (κ2) is 23.2. The van der Waals surface area contributed by atoms with Gasteiger partial charge in [0.1, 0.15) is 0 Å². The molecule has 0 unspecified atom stereocenters. The Balaban J connectivity index is -0.000000107. The summed E-state index contributed by atoms with van der Waals surface area (Å²) in [5.41, 5.74) is 1.48. The van der Waals surface area contributed by atoms with E-state index in [9.17, 15) is 0 Å². The third kappa shape index (κ3) is 59.8. The number of hydrogen-bond acceptors (Lipinski definition) is 3. The molecule has 0 aromatic heterocycles. The van der Waals surface area contributed by atoms with Crippen molar-refractivity contribution in [2.45, 2.75) is 86.0 Å². The molecular formula is C18H37O3Ti-. The maximum Gasteiger partial charge on any atom is 0.0483 e. The van der Waals surface area contributed by atoms with Gasteiger partial charge in [-0.3, -0.25) is 0 Å². The predicted octanol–water partition coefficient (Wildman–Crippen LogP) is 3.91. The molecule has 3 N–H and O–H groups in total. The molecule has 0 atom stereocenters. The van der Waals surface area contributed by atoms with Gasteiger partial charge in [0.2, 0.25) is 0 Å². The van der Waals surface area contributed by atoms with E-state index < -0.39 is 0 Å². The minimum Gasteiger partial charge on any atom is -0.394 e. The summed E-state index contributed by atoms with van der Waals surface area (Å²) in [6, 6.07) is 8.58. The SMILES string of the molecule is CC(C)O.CC(C)O.CC(C)O.CCCC[c-]1cccc1.[Ti]. The van der Waals surface area contributed by atoms with Crippen molar-refractivity contribution >= 4 is 0 Å². The molecule has 0 fully saturated rings. The fraction of sp³-hybridized carbons (Fsp3) is 0.722. The number of aliphatic hydroxyl groups excluding tert-OH is 3. The maximum atomic E-state index is 8.06. The van der Waals surface area contributed by atoms with Crippen molar-refractivity contribution in [3.05, 3.63) is 29.8 Å². The van der Waals surface area contributed by atoms with E-state index in [1.807, 2.05) is 0 Å². The van der Waals surface area contributed by atoms with Crippen LogP contribution in [0.25, 0.3) is 0 Å². The van der Waals surface area contributed by atoms with Crippen molar-refractivity contribution in [3.63, 3.8) is 0 Å². The summed E-state index contributed by atoms with van der Waals surface area (Å²) in [6.07, 6.45) is 3.37. The van der Waals surface area contributed by atoms with Crippen LogP contribution in [0.15, 0.2) is 24.3 Å². The minimum absolute atomic E-state index is 0. The van der Waals surface area contributed by atoms with Crippen LogP contribution in [0.3, 0.4) is 0 Å². The molecule has 0 saturated carbocycles. The van der Waals surface area contributed by atoms with Gasteiger partial charge < -0.3 is 15.3 Å². The molecule has 0 radical (unpaired) electrons. The third-order valence-electron chi connectivity index (χ3n) is 1.55. The fourth-order valence-electron chi connectivity index (χ4n) is 0.961. The van der Waals surface area contributed by atoms with E-state index in [4.69, 9.17) is 15.3 Å². The predicted molar refractivity (Wildman–Crippen MR) is 92.7 cm³/mol. The van der Waals surface area contributed by atoms with Crippen LogP contribution in [0.5, 0.6) is 0 Å². The van der Waals surface area contributed by atoms with Crippen molar-refractivity contribution in [1.29, 1.82) is 0 Å². The van der Waals surface area contributed by atoms with Gasteiger partial charge in [-0.1, -0.05) is 26.2 Å². The molecular weight excluding hydrogens is 312 g/mol. The van der Waals surface area contributed by atoms with Crippen LogP contribution in [0.4, 0.5) is 0 Å². The molecule has 132 valence electrons. The third-order valence-corrected chi connectivity index (χ3v) is 1.55. The Kier molecular flexibility index (Phi) is 31.5. The Morgan fingerprint density at radius 2 is 1.05 bits per heavy atom. The van der Waals surface area contributed by atoms with E-state index in [1.54, 1.807) is 41.5 Å². The van der Waals surface area contributed by atoms with Gasteiger partial charge in [0.25, 0.3) is 0 Å². The van der Waals surface area contributed by atoms with Crippen LogP contribution < -0.4 is 0 Å². The number of unbranched alkanes of at least 4 members (excludes halogenated alkanes) is 1. The molecule has 1 rings (SSSR count). The van der Waals surface area contributed by atoms with E-state index in [0.717, 1.165) is 0 Å². The first kappa shape index (κ1) is 29.9. The van der Waals surface area contributed by atoms with Crippen LogP contribution >= 0.6 is 0 Å². The molecule has 0 aliphatic heterocycles. The van der Waals surface area contributed by atoms with Crippen molar-refractivity contribution in [3.8, 4) is 0 Å². The smallest absolute Gasteiger partial charge is 0.0483 e. The van der Waals surface area contributed by atoms with E-state index in [0.29, 0.717) is 0 Å². The number of hydrogen-bond donors (Lipinski definition) is 3. The zero-order valence-electron chi connectivity index (χ0n) is 15.5.